The minimum absolute atomic E-state index is 0.582. The number of ether oxygens (including phenoxy) is 1. The monoisotopic (exact) mass is 209 g/mol. The first-order chi connectivity index (χ1) is 6.79. The van der Waals surface area contributed by atoms with Gasteiger partial charge in [0.15, 0.2) is 0 Å². The van der Waals surface area contributed by atoms with Crippen LogP contribution in [-0.2, 0) is 6.54 Å². The van der Waals surface area contributed by atoms with Gasteiger partial charge in [-0.2, -0.15) is 0 Å². The molecule has 1 atom stereocenters. The molecule has 1 aliphatic rings. The third-order valence-electron chi connectivity index (χ3n) is 2.40. The van der Waals surface area contributed by atoms with E-state index in [0.29, 0.717) is 6.04 Å². The Hall–Kier alpha value is -0.670. The topological polar surface area (TPSA) is 21.3 Å². The molecule has 0 fully saturated rings. The molecule has 0 bridgehead atoms. The van der Waals surface area contributed by atoms with Crippen molar-refractivity contribution in [3.05, 3.63) is 23.8 Å². The number of benzene rings is 1. The van der Waals surface area contributed by atoms with Crippen molar-refractivity contribution in [2.45, 2.75) is 24.4 Å². The van der Waals surface area contributed by atoms with E-state index in [-0.39, 0.29) is 0 Å². The Morgan fingerprint density at radius 3 is 3.14 bits per heavy atom. The van der Waals surface area contributed by atoms with Crippen molar-refractivity contribution in [2.24, 2.45) is 0 Å². The predicted octanol–water partition coefficient (Wildman–Crippen LogP) is 2.28. The number of fused-ring (bicyclic) bond motifs is 1. The summed E-state index contributed by atoms with van der Waals surface area (Å²) in [5.41, 5.74) is 1.35. The Morgan fingerprint density at radius 2 is 2.36 bits per heavy atom. The second-order valence-electron chi connectivity index (χ2n) is 3.57. The van der Waals surface area contributed by atoms with E-state index < -0.39 is 0 Å². The number of rotatable bonds is 1. The van der Waals surface area contributed by atoms with Crippen LogP contribution < -0.4 is 10.1 Å². The van der Waals surface area contributed by atoms with Crippen LogP contribution in [0.4, 0.5) is 0 Å². The van der Waals surface area contributed by atoms with Crippen LogP contribution in [0.3, 0.4) is 0 Å². The van der Waals surface area contributed by atoms with Crippen LogP contribution in [0.15, 0.2) is 23.1 Å². The molecule has 1 unspecified atom stereocenters. The van der Waals surface area contributed by atoms with Gasteiger partial charge >= 0.3 is 0 Å². The third kappa shape index (κ3) is 2.04. The molecular formula is C11H15NOS. The molecule has 0 amide bonds. The van der Waals surface area contributed by atoms with Gasteiger partial charge in [0.05, 0.1) is 7.11 Å². The molecule has 2 rings (SSSR count). The molecular weight excluding hydrogens is 194 g/mol. The molecule has 0 saturated heterocycles. The van der Waals surface area contributed by atoms with Crippen LogP contribution in [0.1, 0.15) is 12.5 Å². The fraction of sp³-hybridized carbons (Fsp3) is 0.455. The van der Waals surface area contributed by atoms with Gasteiger partial charge in [0.25, 0.3) is 0 Å². The lowest BCUT2D eigenvalue weighted by molar-refractivity contribution is 0.413. The van der Waals surface area contributed by atoms with E-state index in [9.17, 15) is 0 Å². The van der Waals surface area contributed by atoms with Gasteiger partial charge < -0.3 is 10.1 Å². The largest absolute Gasteiger partial charge is 0.497 e. The average molecular weight is 209 g/mol. The highest BCUT2D eigenvalue weighted by Gasteiger charge is 2.12. The highest BCUT2D eigenvalue weighted by molar-refractivity contribution is 7.99. The first-order valence-electron chi connectivity index (χ1n) is 4.82. The summed E-state index contributed by atoms with van der Waals surface area (Å²) >= 11 is 1.92. The summed E-state index contributed by atoms with van der Waals surface area (Å²) in [6.45, 7) is 3.16. The van der Waals surface area contributed by atoms with E-state index in [1.165, 1.54) is 10.5 Å². The van der Waals surface area contributed by atoms with Gasteiger partial charge in [0.2, 0.25) is 0 Å². The van der Waals surface area contributed by atoms with Crippen molar-refractivity contribution in [3.8, 4) is 5.75 Å². The molecule has 3 heteroatoms. The molecule has 0 aliphatic carbocycles. The highest BCUT2D eigenvalue weighted by Crippen LogP contribution is 2.29. The van der Waals surface area contributed by atoms with Crippen molar-refractivity contribution >= 4 is 11.8 Å². The second kappa shape index (κ2) is 4.24. The molecule has 0 spiro atoms. The van der Waals surface area contributed by atoms with E-state index in [1.807, 2.05) is 17.8 Å². The zero-order valence-corrected chi connectivity index (χ0v) is 9.36. The van der Waals surface area contributed by atoms with Gasteiger partial charge in [-0.25, -0.2) is 0 Å². The molecule has 0 aromatic heterocycles. The molecule has 14 heavy (non-hydrogen) atoms. The highest BCUT2D eigenvalue weighted by atomic mass is 32.2. The smallest absolute Gasteiger partial charge is 0.119 e. The number of hydrogen-bond acceptors (Lipinski definition) is 3. The van der Waals surface area contributed by atoms with Gasteiger partial charge in [-0.1, -0.05) is 0 Å². The Morgan fingerprint density at radius 1 is 1.50 bits per heavy atom. The standard InChI is InChI=1S/C11H15NOS/c1-8-7-14-11-4-3-10(13-2)5-9(11)6-12-8/h3-5,8,12H,6-7H2,1-2H3. The zero-order valence-electron chi connectivity index (χ0n) is 8.54. The van der Waals surface area contributed by atoms with Gasteiger partial charge in [-0.3, -0.25) is 0 Å². The van der Waals surface area contributed by atoms with Crippen molar-refractivity contribution in [2.75, 3.05) is 12.9 Å². The Kier molecular flexibility index (Phi) is 2.99. The fourth-order valence-electron chi connectivity index (χ4n) is 1.52. The van der Waals surface area contributed by atoms with E-state index in [0.717, 1.165) is 18.0 Å². The normalized spacial score (nSPS) is 21.1. The lowest BCUT2D eigenvalue weighted by Crippen LogP contribution is -2.25. The quantitative estimate of drug-likeness (QED) is 0.766. The SMILES string of the molecule is COc1ccc2c(c1)CNC(C)CS2. The molecule has 1 aromatic carbocycles. The van der Waals surface area contributed by atoms with Gasteiger partial charge in [0, 0.05) is 23.2 Å². The summed E-state index contributed by atoms with van der Waals surface area (Å²) in [7, 11) is 1.71. The number of nitrogens with one attached hydrogen (secondary N) is 1. The Balaban J connectivity index is 2.27. The Bertz CT molecular complexity index is 327. The summed E-state index contributed by atoms with van der Waals surface area (Å²) in [6.07, 6.45) is 0. The van der Waals surface area contributed by atoms with Crippen LogP contribution in [0.2, 0.25) is 0 Å². The van der Waals surface area contributed by atoms with Crippen molar-refractivity contribution < 1.29 is 4.74 Å². The summed E-state index contributed by atoms with van der Waals surface area (Å²) in [4.78, 5) is 1.38. The van der Waals surface area contributed by atoms with Gasteiger partial charge in [-0.05, 0) is 30.7 Å². The summed E-state index contributed by atoms with van der Waals surface area (Å²) in [6, 6.07) is 6.88. The maximum atomic E-state index is 5.21. The second-order valence-corrected chi connectivity index (χ2v) is 4.63. The fourth-order valence-corrected chi connectivity index (χ4v) is 2.55. The summed E-state index contributed by atoms with van der Waals surface area (Å²) in [5.74, 6) is 2.08. The minimum atomic E-state index is 0.582. The van der Waals surface area contributed by atoms with Crippen molar-refractivity contribution in [1.82, 2.24) is 5.32 Å². The van der Waals surface area contributed by atoms with Crippen LogP contribution >= 0.6 is 11.8 Å². The summed E-state index contributed by atoms with van der Waals surface area (Å²) in [5, 5.41) is 3.48. The maximum absolute atomic E-state index is 5.21. The van der Waals surface area contributed by atoms with Gasteiger partial charge in [-0.15, -0.1) is 11.8 Å². The molecule has 1 aromatic rings. The predicted molar refractivity (Wildman–Crippen MR) is 60.0 cm³/mol. The first-order valence-corrected chi connectivity index (χ1v) is 5.81. The summed E-state index contributed by atoms with van der Waals surface area (Å²) < 4.78 is 5.21. The molecule has 0 saturated carbocycles. The molecule has 76 valence electrons. The third-order valence-corrected chi connectivity index (χ3v) is 3.77. The van der Waals surface area contributed by atoms with E-state index >= 15 is 0 Å². The average Bonchev–Trinajstić information content (AvgIpc) is 2.40. The number of thioether (sulfide) groups is 1. The molecule has 1 heterocycles. The lowest BCUT2D eigenvalue weighted by Gasteiger charge is -2.07. The van der Waals surface area contributed by atoms with Crippen LogP contribution in [0, 0.1) is 0 Å². The molecule has 0 radical (unpaired) electrons. The molecule has 1 aliphatic heterocycles. The zero-order chi connectivity index (χ0) is 9.97. The van der Waals surface area contributed by atoms with Crippen LogP contribution in [0.25, 0.3) is 0 Å². The first kappa shape index (κ1) is 9.87. The van der Waals surface area contributed by atoms with Crippen LogP contribution in [0.5, 0.6) is 5.75 Å². The van der Waals surface area contributed by atoms with Crippen molar-refractivity contribution in [3.63, 3.8) is 0 Å². The molecule has 2 nitrogen and oxygen atoms in total. The number of hydrogen-bond donors (Lipinski definition) is 1. The number of methoxy groups -OCH3 is 1. The van der Waals surface area contributed by atoms with Gasteiger partial charge in [0.1, 0.15) is 5.75 Å². The molecule has 1 N–H and O–H groups in total. The van der Waals surface area contributed by atoms with Crippen LogP contribution in [-0.4, -0.2) is 18.9 Å². The Labute approximate surface area is 89.0 Å². The lowest BCUT2D eigenvalue weighted by atomic mass is 10.2. The van der Waals surface area contributed by atoms with Crippen molar-refractivity contribution in [1.29, 1.82) is 0 Å². The van der Waals surface area contributed by atoms with E-state index in [4.69, 9.17) is 4.74 Å². The minimum Gasteiger partial charge on any atom is -0.497 e. The maximum Gasteiger partial charge on any atom is 0.119 e. The van der Waals surface area contributed by atoms with E-state index in [1.54, 1.807) is 7.11 Å². The van der Waals surface area contributed by atoms with E-state index in [2.05, 4.69) is 24.4 Å².